The number of carboxylic acids is 1. The minimum atomic E-state index is -0.806. The van der Waals surface area contributed by atoms with Crippen molar-refractivity contribution in [2.24, 2.45) is 0 Å². The number of nitrogens with zero attached hydrogens (tertiary/aromatic N) is 3. The predicted molar refractivity (Wildman–Crippen MR) is 76.6 cm³/mol. The molecule has 0 saturated carbocycles. The van der Waals surface area contributed by atoms with Crippen molar-refractivity contribution in [3.63, 3.8) is 0 Å². The highest BCUT2D eigenvalue weighted by Gasteiger charge is 2.25. The van der Waals surface area contributed by atoms with E-state index in [0.29, 0.717) is 6.04 Å². The number of aliphatic carboxylic acids is 1. The number of hydrogen-bond acceptors (Lipinski definition) is 3. The Morgan fingerprint density at radius 2 is 2.30 bits per heavy atom. The molecule has 0 unspecified atom stereocenters. The number of carboxylic acid groups (broad SMARTS) is 1. The number of aromatic nitrogens is 2. The van der Waals surface area contributed by atoms with E-state index in [1.54, 1.807) is 12.4 Å². The summed E-state index contributed by atoms with van der Waals surface area (Å²) in [7, 11) is 0. The maximum atomic E-state index is 11.1. The van der Waals surface area contributed by atoms with Crippen molar-refractivity contribution in [2.45, 2.75) is 39.4 Å². The zero-order chi connectivity index (χ0) is 14.3. The van der Waals surface area contributed by atoms with Crippen LogP contribution >= 0.6 is 0 Å². The van der Waals surface area contributed by atoms with Crippen LogP contribution < -0.4 is 0 Å². The molecule has 0 fully saturated rings. The van der Waals surface area contributed by atoms with Gasteiger partial charge in [-0.1, -0.05) is 0 Å². The van der Waals surface area contributed by atoms with Gasteiger partial charge in [0.05, 0.1) is 11.7 Å². The Hall–Kier alpha value is -1.88. The summed E-state index contributed by atoms with van der Waals surface area (Å²) in [6.45, 7) is 6.28. The van der Waals surface area contributed by atoms with Gasteiger partial charge in [-0.15, -0.1) is 0 Å². The molecule has 5 heteroatoms. The molecule has 1 aliphatic rings. The first-order valence-electron chi connectivity index (χ1n) is 6.97. The van der Waals surface area contributed by atoms with Crippen molar-refractivity contribution in [1.29, 1.82) is 0 Å². The lowest BCUT2D eigenvalue weighted by molar-refractivity contribution is -0.137. The van der Waals surface area contributed by atoms with Gasteiger partial charge in [-0.2, -0.15) is 0 Å². The van der Waals surface area contributed by atoms with E-state index < -0.39 is 5.97 Å². The van der Waals surface area contributed by atoms with E-state index in [1.807, 2.05) is 10.6 Å². The van der Waals surface area contributed by atoms with Crippen LogP contribution in [0.5, 0.6) is 0 Å². The van der Waals surface area contributed by atoms with Crippen molar-refractivity contribution in [1.82, 2.24) is 14.5 Å². The molecule has 3 rings (SSSR count). The Labute approximate surface area is 117 Å². The summed E-state index contributed by atoms with van der Waals surface area (Å²) >= 11 is 0. The SMILES string of the molecule is CC(C)N1CCc2c(c3ccncc3n2CC(=O)O)C1. The molecule has 0 saturated heterocycles. The fourth-order valence-electron chi connectivity index (χ4n) is 3.07. The fraction of sp³-hybridized carbons (Fsp3) is 0.467. The Morgan fingerprint density at radius 1 is 1.50 bits per heavy atom. The molecule has 2 aromatic rings. The van der Waals surface area contributed by atoms with Gasteiger partial charge in [0, 0.05) is 42.8 Å². The third-order valence-electron chi connectivity index (χ3n) is 4.11. The van der Waals surface area contributed by atoms with E-state index >= 15 is 0 Å². The summed E-state index contributed by atoms with van der Waals surface area (Å²) in [4.78, 5) is 17.7. The van der Waals surface area contributed by atoms with E-state index in [2.05, 4.69) is 23.7 Å². The molecule has 1 N–H and O–H groups in total. The van der Waals surface area contributed by atoms with Gasteiger partial charge in [0.15, 0.2) is 0 Å². The van der Waals surface area contributed by atoms with Crippen LogP contribution in [0.4, 0.5) is 0 Å². The van der Waals surface area contributed by atoms with Crippen molar-refractivity contribution < 1.29 is 9.90 Å². The van der Waals surface area contributed by atoms with Crippen LogP contribution in [0.1, 0.15) is 25.1 Å². The summed E-state index contributed by atoms with van der Waals surface area (Å²) in [5.74, 6) is -0.806. The Morgan fingerprint density at radius 3 is 3.00 bits per heavy atom. The molecule has 3 heterocycles. The molecule has 1 aliphatic heterocycles. The summed E-state index contributed by atoms with van der Waals surface area (Å²) in [5.41, 5.74) is 3.36. The standard InChI is InChI=1S/C15H19N3O2/c1-10(2)17-6-4-13-12(8-17)11-3-5-16-7-14(11)18(13)9-15(19)20/h3,5,7,10H,4,6,8-9H2,1-2H3,(H,19,20). The lowest BCUT2D eigenvalue weighted by atomic mass is 10.0. The number of rotatable bonds is 3. The number of pyridine rings is 1. The van der Waals surface area contributed by atoms with Gasteiger partial charge in [0.25, 0.3) is 0 Å². The van der Waals surface area contributed by atoms with Crippen LogP contribution in [0.3, 0.4) is 0 Å². The average Bonchev–Trinajstić information content (AvgIpc) is 2.73. The first-order valence-corrected chi connectivity index (χ1v) is 6.97. The largest absolute Gasteiger partial charge is 0.480 e. The van der Waals surface area contributed by atoms with Crippen LogP contribution in [-0.4, -0.2) is 38.1 Å². The van der Waals surface area contributed by atoms with Crippen LogP contribution in [-0.2, 0) is 24.3 Å². The van der Waals surface area contributed by atoms with Crippen molar-refractivity contribution >= 4 is 16.9 Å². The molecule has 0 amide bonds. The van der Waals surface area contributed by atoms with Crippen LogP contribution in [0.15, 0.2) is 18.5 Å². The molecule has 0 aliphatic carbocycles. The molecule has 0 atom stereocenters. The molecule has 20 heavy (non-hydrogen) atoms. The molecule has 0 spiro atoms. The minimum absolute atomic E-state index is 0.0131. The zero-order valence-corrected chi connectivity index (χ0v) is 11.8. The molecule has 0 radical (unpaired) electrons. The Bertz CT molecular complexity index is 660. The molecule has 2 aromatic heterocycles. The van der Waals surface area contributed by atoms with Crippen molar-refractivity contribution in [2.75, 3.05) is 6.54 Å². The Balaban J connectivity index is 2.14. The highest BCUT2D eigenvalue weighted by atomic mass is 16.4. The number of hydrogen-bond donors (Lipinski definition) is 1. The summed E-state index contributed by atoms with van der Waals surface area (Å²) in [6.07, 6.45) is 4.45. The van der Waals surface area contributed by atoms with Crippen LogP contribution in [0.25, 0.3) is 10.9 Å². The van der Waals surface area contributed by atoms with Gasteiger partial charge in [0.2, 0.25) is 0 Å². The zero-order valence-electron chi connectivity index (χ0n) is 11.8. The highest BCUT2D eigenvalue weighted by molar-refractivity contribution is 5.86. The van der Waals surface area contributed by atoms with E-state index in [9.17, 15) is 4.79 Å². The molecule has 106 valence electrons. The predicted octanol–water partition coefficient (Wildman–Crippen LogP) is 1.89. The Kier molecular flexibility index (Phi) is 3.22. The van der Waals surface area contributed by atoms with Crippen molar-refractivity contribution in [3.8, 4) is 0 Å². The second-order valence-electron chi connectivity index (χ2n) is 5.61. The topological polar surface area (TPSA) is 58.4 Å². The van der Waals surface area contributed by atoms with Gasteiger partial charge >= 0.3 is 5.97 Å². The van der Waals surface area contributed by atoms with Gasteiger partial charge < -0.3 is 9.67 Å². The smallest absolute Gasteiger partial charge is 0.323 e. The summed E-state index contributed by atoms with van der Waals surface area (Å²) < 4.78 is 1.91. The first-order chi connectivity index (χ1) is 9.58. The van der Waals surface area contributed by atoms with E-state index in [-0.39, 0.29) is 6.54 Å². The van der Waals surface area contributed by atoms with Crippen LogP contribution in [0, 0.1) is 0 Å². The van der Waals surface area contributed by atoms with Gasteiger partial charge in [-0.05, 0) is 25.5 Å². The van der Waals surface area contributed by atoms with E-state index in [0.717, 1.165) is 36.1 Å². The second-order valence-corrected chi connectivity index (χ2v) is 5.61. The van der Waals surface area contributed by atoms with Gasteiger partial charge in [-0.3, -0.25) is 14.7 Å². The molecule has 0 aromatic carbocycles. The van der Waals surface area contributed by atoms with Gasteiger partial charge in [0.1, 0.15) is 6.54 Å². The monoisotopic (exact) mass is 273 g/mol. The van der Waals surface area contributed by atoms with Crippen LogP contribution in [0.2, 0.25) is 0 Å². The molecule has 0 bridgehead atoms. The van der Waals surface area contributed by atoms with E-state index in [1.165, 1.54) is 5.56 Å². The average molecular weight is 273 g/mol. The fourth-order valence-corrected chi connectivity index (χ4v) is 3.07. The maximum Gasteiger partial charge on any atom is 0.323 e. The quantitative estimate of drug-likeness (QED) is 0.927. The number of fused-ring (bicyclic) bond motifs is 3. The lowest BCUT2D eigenvalue weighted by Crippen LogP contribution is -2.36. The molecule has 5 nitrogen and oxygen atoms in total. The second kappa shape index (κ2) is 4.90. The summed E-state index contributed by atoms with van der Waals surface area (Å²) in [6, 6.07) is 2.50. The molecular formula is C15H19N3O2. The summed E-state index contributed by atoms with van der Waals surface area (Å²) in [5, 5.41) is 10.3. The highest BCUT2D eigenvalue weighted by Crippen LogP contribution is 2.31. The van der Waals surface area contributed by atoms with Crippen molar-refractivity contribution in [3.05, 3.63) is 29.7 Å². The van der Waals surface area contributed by atoms with Gasteiger partial charge in [-0.25, -0.2) is 0 Å². The third kappa shape index (κ3) is 2.08. The first kappa shape index (κ1) is 13.1. The van der Waals surface area contributed by atoms with E-state index in [4.69, 9.17) is 5.11 Å². The minimum Gasteiger partial charge on any atom is -0.480 e. The number of carbonyl (C=O) groups is 1. The maximum absolute atomic E-state index is 11.1. The lowest BCUT2D eigenvalue weighted by Gasteiger charge is -2.31. The third-order valence-corrected chi connectivity index (χ3v) is 4.11. The molecular weight excluding hydrogens is 254 g/mol. The normalized spacial score (nSPS) is 15.8.